The van der Waals surface area contributed by atoms with Crippen LogP contribution >= 0.6 is 0 Å². The van der Waals surface area contributed by atoms with Crippen LogP contribution < -0.4 is 21.7 Å². The number of carbonyl (C=O) groups is 5. The molecule has 12 nitrogen and oxygen atoms in total. The summed E-state index contributed by atoms with van der Waals surface area (Å²) in [5, 5.41) is 8.39. The standard InChI is InChI=1S/C29H53N5O7/c1-3-40-21-19-34(20-22-41-4-2)29(39)24-15-17-27(37)32-23(14-16-25(30)35)28(38)31-18-12-10-8-6-5-7-9-11-13-26(36)33-24/h23-24H,3-22H2,1-2H3,(H2,30,35)(H,31,38)(H,32,37)(H,33,36)/t23-,24-/m0/s1. The number of amides is 5. The molecule has 5 N–H and O–H groups in total. The molecule has 1 heterocycles. The van der Waals surface area contributed by atoms with Crippen molar-refractivity contribution in [2.75, 3.05) is 46.1 Å². The highest BCUT2D eigenvalue weighted by molar-refractivity contribution is 5.90. The van der Waals surface area contributed by atoms with E-state index in [4.69, 9.17) is 15.2 Å². The first kappa shape index (κ1) is 36.3. The summed E-state index contributed by atoms with van der Waals surface area (Å²) in [6.45, 7) is 6.59. The van der Waals surface area contributed by atoms with E-state index < -0.39 is 23.9 Å². The third-order valence-corrected chi connectivity index (χ3v) is 6.99. The fourth-order valence-electron chi connectivity index (χ4n) is 4.62. The van der Waals surface area contributed by atoms with E-state index in [1.807, 2.05) is 13.8 Å². The highest BCUT2D eigenvalue weighted by Gasteiger charge is 2.28. The van der Waals surface area contributed by atoms with E-state index in [2.05, 4.69) is 16.0 Å². The van der Waals surface area contributed by atoms with Crippen LogP contribution in [0, 0.1) is 0 Å². The predicted octanol–water partition coefficient (Wildman–Crippen LogP) is 1.54. The molecule has 0 aromatic carbocycles. The Balaban J connectivity index is 3.03. The maximum Gasteiger partial charge on any atom is 0.245 e. The molecule has 1 aliphatic heterocycles. The Morgan fingerprint density at radius 3 is 1.98 bits per heavy atom. The summed E-state index contributed by atoms with van der Waals surface area (Å²) in [6.07, 6.45) is 8.06. The van der Waals surface area contributed by atoms with Gasteiger partial charge in [0, 0.05) is 52.1 Å². The smallest absolute Gasteiger partial charge is 0.245 e. The van der Waals surface area contributed by atoms with Crippen molar-refractivity contribution < 1.29 is 33.4 Å². The van der Waals surface area contributed by atoms with E-state index in [0.29, 0.717) is 52.5 Å². The lowest BCUT2D eigenvalue weighted by molar-refractivity contribution is -0.138. The summed E-state index contributed by atoms with van der Waals surface area (Å²) in [5.74, 6) is -1.92. The zero-order valence-corrected chi connectivity index (χ0v) is 25.2. The molecular weight excluding hydrogens is 530 g/mol. The summed E-state index contributed by atoms with van der Waals surface area (Å²) in [5.41, 5.74) is 5.28. The summed E-state index contributed by atoms with van der Waals surface area (Å²) in [7, 11) is 0. The Hall–Kier alpha value is -2.73. The molecule has 5 amide bonds. The molecule has 236 valence electrons. The van der Waals surface area contributed by atoms with Crippen molar-refractivity contribution in [2.45, 2.75) is 109 Å². The molecule has 0 aromatic rings. The summed E-state index contributed by atoms with van der Waals surface area (Å²) < 4.78 is 10.9. The molecule has 1 saturated heterocycles. The average molecular weight is 584 g/mol. The number of nitrogens with two attached hydrogens (primary N) is 1. The number of carbonyl (C=O) groups excluding carboxylic acids is 5. The quantitative estimate of drug-likeness (QED) is 0.253. The van der Waals surface area contributed by atoms with Crippen LogP contribution in [-0.2, 0) is 33.4 Å². The number of hydrogen-bond donors (Lipinski definition) is 4. The first-order chi connectivity index (χ1) is 19.8. The minimum atomic E-state index is -0.918. The van der Waals surface area contributed by atoms with E-state index in [-0.39, 0.29) is 43.4 Å². The highest BCUT2D eigenvalue weighted by Crippen LogP contribution is 2.11. The van der Waals surface area contributed by atoms with Crippen molar-refractivity contribution >= 4 is 29.5 Å². The van der Waals surface area contributed by atoms with Crippen molar-refractivity contribution in [3.63, 3.8) is 0 Å². The van der Waals surface area contributed by atoms with Crippen LogP contribution in [0.3, 0.4) is 0 Å². The van der Waals surface area contributed by atoms with Crippen LogP contribution in [-0.4, -0.2) is 92.6 Å². The van der Waals surface area contributed by atoms with Gasteiger partial charge in [0.1, 0.15) is 12.1 Å². The van der Waals surface area contributed by atoms with Gasteiger partial charge in [-0.1, -0.05) is 38.5 Å². The third kappa shape index (κ3) is 17.6. The zero-order valence-electron chi connectivity index (χ0n) is 25.2. The van der Waals surface area contributed by atoms with Gasteiger partial charge < -0.3 is 36.1 Å². The van der Waals surface area contributed by atoms with Gasteiger partial charge in [0.25, 0.3) is 0 Å². The zero-order chi connectivity index (χ0) is 30.3. The summed E-state index contributed by atoms with van der Waals surface area (Å²) >= 11 is 0. The van der Waals surface area contributed by atoms with Gasteiger partial charge in [-0.3, -0.25) is 24.0 Å². The molecular formula is C29H53N5O7. The molecule has 0 bridgehead atoms. The lowest BCUT2D eigenvalue weighted by Gasteiger charge is -2.28. The van der Waals surface area contributed by atoms with Crippen LogP contribution in [0.5, 0.6) is 0 Å². The number of nitrogens with zero attached hydrogens (tertiary/aromatic N) is 1. The first-order valence-corrected chi connectivity index (χ1v) is 15.4. The van der Waals surface area contributed by atoms with Gasteiger partial charge >= 0.3 is 0 Å². The molecule has 0 aromatic heterocycles. The Morgan fingerprint density at radius 1 is 0.829 bits per heavy atom. The maximum absolute atomic E-state index is 13.6. The highest BCUT2D eigenvalue weighted by atomic mass is 16.5. The van der Waals surface area contributed by atoms with Gasteiger partial charge in [-0.25, -0.2) is 0 Å². The van der Waals surface area contributed by atoms with E-state index in [0.717, 1.165) is 51.4 Å². The first-order valence-electron chi connectivity index (χ1n) is 15.4. The minimum absolute atomic E-state index is 0.0514. The monoisotopic (exact) mass is 583 g/mol. The van der Waals surface area contributed by atoms with Crippen molar-refractivity contribution in [3.05, 3.63) is 0 Å². The second-order valence-corrected chi connectivity index (χ2v) is 10.4. The summed E-state index contributed by atoms with van der Waals surface area (Å²) in [4.78, 5) is 65.0. The number of nitrogens with one attached hydrogen (secondary N) is 3. The average Bonchev–Trinajstić information content (AvgIpc) is 2.94. The molecule has 0 saturated carbocycles. The second kappa shape index (κ2) is 22.9. The molecule has 2 atom stereocenters. The molecule has 0 aliphatic carbocycles. The Morgan fingerprint density at radius 2 is 1.39 bits per heavy atom. The van der Waals surface area contributed by atoms with Crippen LogP contribution in [0.15, 0.2) is 0 Å². The molecule has 12 heteroatoms. The second-order valence-electron chi connectivity index (χ2n) is 10.4. The number of hydrogen-bond acceptors (Lipinski definition) is 7. The van der Waals surface area contributed by atoms with E-state index >= 15 is 0 Å². The number of ether oxygens (including phenoxy) is 2. The van der Waals surface area contributed by atoms with Crippen molar-refractivity contribution in [2.24, 2.45) is 5.73 Å². The molecule has 1 rings (SSSR count). The van der Waals surface area contributed by atoms with Gasteiger partial charge in [-0.15, -0.1) is 0 Å². The Kier molecular flexibility index (Phi) is 20.3. The van der Waals surface area contributed by atoms with E-state index in [1.165, 1.54) is 0 Å². The maximum atomic E-state index is 13.6. The molecule has 0 spiro atoms. The SMILES string of the molecule is CCOCCN(CCOCC)C(=O)[C@@H]1CCC(=O)N[C@@H](CCC(N)=O)C(=O)NCCCCCCCCCCC(=O)N1. The predicted molar refractivity (Wildman–Crippen MR) is 156 cm³/mol. The normalized spacial score (nSPS) is 20.8. The van der Waals surface area contributed by atoms with Crippen LogP contribution in [0.1, 0.15) is 97.3 Å². The fraction of sp³-hybridized carbons (Fsp3) is 0.828. The Labute approximate surface area is 245 Å². The van der Waals surface area contributed by atoms with Gasteiger partial charge in [0.15, 0.2) is 0 Å². The van der Waals surface area contributed by atoms with Crippen molar-refractivity contribution in [1.29, 1.82) is 0 Å². The molecule has 0 radical (unpaired) electrons. The van der Waals surface area contributed by atoms with Crippen molar-refractivity contribution in [3.8, 4) is 0 Å². The molecule has 1 fully saturated rings. The summed E-state index contributed by atoms with van der Waals surface area (Å²) in [6, 6.07) is -1.83. The van der Waals surface area contributed by atoms with Gasteiger partial charge in [-0.05, 0) is 39.5 Å². The molecule has 41 heavy (non-hydrogen) atoms. The number of rotatable bonds is 12. The van der Waals surface area contributed by atoms with Crippen LogP contribution in [0.25, 0.3) is 0 Å². The van der Waals surface area contributed by atoms with Gasteiger partial charge in [-0.2, -0.15) is 0 Å². The van der Waals surface area contributed by atoms with Crippen LogP contribution in [0.4, 0.5) is 0 Å². The fourth-order valence-corrected chi connectivity index (χ4v) is 4.62. The largest absolute Gasteiger partial charge is 0.380 e. The molecule has 0 unspecified atom stereocenters. The third-order valence-electron chi connectivity index (χ3n) is 6.99. The van der Waals surface area contributed by atoms with E-state index in [9.17, 15) is 24.0 Å². The van der Waals surface area contributed by atoms with Crippen molar-refractivity contribution in [1.82, 2.24) is 20.9 Å². The van der Waals surface area contributed by atoms with E-state index in [1.54, 1.807) is 4.90 Å². The Bertz CT molecular complexity index is 786. The topological polar surface area (TPSA) is 169 Å². The van der Waals surface area contributed by atoms with Gasteiger partial charge in [0.05, 0.1) is 13.2 Å². The lowest BCUT2D eigenvalue weighted by atomic mass is 10.0. The molecule has 1 aliphatic rings. The lowest BCUT2D eigenvalue weighted by Crippen LogP contribution is -2.51. The van der Waals surface area contributed by atoms with Crippen LogP contribution in [0.2, 0.25) is 0 Å². The minimum Gasteiger partial charge on any atom is -0.380 e. The number of primary amides is 1. The van der Waals surface area contributed by atoms with Gasteiger partial charge in [0.2, 0.25) is 29.5 Å².